The van der Waals surface area contributed by atoms with E-state index in [1.165, 1.54) is 0 Å². The van der Waals surface area contributed by atoms with Gasteiger partial charge in [-0.25, -0.2) is 0 Å². The second-order valence-corrected chi connectivity index (χ2v) is 3.61. The molecule has 0 radical (unpaired) electrons. The number of carboxylic acid groups (broad SMARTS) is 1. The standard InChI is InChI=1S/C7H12F3NO2S/c1-2-11-5(6(12)13)3-14-4-7(8,9)10/h5,11H,2-4H2,1H3,(H,12,13). The molecular formula is C7H12F3NO2S. The molecule has 0 fully saturated rings. The zero-order valence-corrected chi connectivity index (χ0v) is 8.41. The van der Waals surface area contributed by atoms with E-state index in [0.29, 0.717) is 18.3 Å². The normalized spacial score (nSPS) is 14.0. The maximum absolute atomic E-state index is 11.7. The first-order chi connectivity index (χ1) is 6.37. The molecule has 0 rings (SSSR count). The first-order valence-electron chi connectivity index (χ1n) is 3.97. The predicted octanol–water partition coefficient (Wildman–Crippen LogP) is 1.34. The van der Waals surface area contributed by atoms with Gasteiger partial charge in [-0.3, -0.25) is 4.79 Å². The first-order valence-corrected chi connectivity index (χ1v) is 5.13. The Kier molecular flexibility index (Phi) is 5.94. The molecule has 0 aliphatic heterocycles. The number of nitrogens with one attached hydrogen (secondary N) is 1. The average molecular weight is 231 g/mol. The SMILES string of the molecule is CCNC(CSCC(F)(F)F)C(=O)O. The van der Waals surface area contributed by atoms with E-state index >= 15 is 0 Å². The first kappa shape index (κ1) is 13.6. The summed E-state index contributed by atoms with van der Waals surface area (Å²) in [5.41, 5.74) is 0. The summed E-state index contributed by atoms with van der Waals surface area (Å²) in [5.74, 6) is -2.22. The van der Waals surface area contributed by atoms with Crippen LogP contribution in [0.5, 0.6) is 0 Å². The summed E-state index contributed by atoms with van der Waals surface area (Å²) in [4.78, 5) is 10.5. The Morgan fingerprint density at radius 1 is 1.57 bits per heavy atom. The molecule has 0 saturated carbocycles. The van der Waals surface area contributed by atoms with Gasteiger partial charge in [0.15, 0.2) is 0 Å². The van der Waals surface area contributed by atoms with Gasteiger partial charge in [-0.05, 0) is 6.54 Å². The highest BCUT2D eigenvalue weighted by atomic mass is 32.2. The Morgan fingerprint density at radius 3 is 2.50 bits per heavy atom. The second kappa shape index (κ2) is 6.13. The average Bonchev–Trinajstić information content (AvgIpc) is 2.00. The van der Waals surface area contributed by atoms with Crippen LogP contribution in [0.2, 0.25) is 0 Å². The number of carbonyl (C=O) groups is 1. The third-order valence-corrected chi connectivity index (χ3v) is 2.40. The van der Waals surface area contributed by atoms with E-state index < -0.39 is 23.9 Å². The Bertz CT molecular complexity index is 186. The van der Waals surface area contributed by atoms with Crippen LogP contribution in [0.4, 0.5) is 13.2 Å². The fraction of sp³-hybridized carbons (Fsp3) is 0.857. The van der Waals surface area contributed by atoms with Crippen molar-refractivity contribution < 1.29 is 23.1 Å². The van der Waals surface area contributed by atoms with Gasteiger partial charge in [0.1, 0.15) is 6.04 Å². The number of alkyl halides is 3. The van der Waals surface area contributed by atoms with E-state index in [2.05, 4.69) is 5.32 Å². The summed E-state index contributed by atoms with van der Waals surface area (Å²) in [7, 11) is 0. The van der Waals surface area contributed by atoms with Crippen LogP contribution in [0.15, 0.2) is 0 Å². The lowest BCUT2D eigenvalue weighted by Gasteiger charge is -2.13. The van der Waals surface area contributed by atoms with Crippen molar-refractivity contribution in [3.8, 4) is 0 Å². The molecule has 0 aromatic rings. The fourth-order valence-corrected chi connectivity index (χ4v) is 1.60. The van der Waals surface area contributed by atoms with Gasteiger partial charge in [0.05, 0.1) is 5.75 Å². The van der Waals surface area contributed by atoms with Crippen molar-refractivity contribution in [1.82, 2.24) is 5.32 Å². The molecule has 0 saturated heterocycles. The Morgan fingerprint density at radius 2 is 2.14 bits per heavy atom. The highest BCUT2D eigenvalue weighted by molar-refractivity contribution is 7.99. The molecule has 1 unspecified atom stereocenters. The van der Waals surface area contributed by atoms with E-state index in [1.807, 2.05) is 0 Å². The van der Waals surface area contributed by atoms with Crippen molar-refractivity contribution in [2.45, 2.75) is 19.1 Å². The van der Waals surface area contributed by atoms with Crippen LogP contribution in [-0.2, 0) is 4.79 Å². The summed E-state index contributed by atoms with van der Waals surface area (Å²) in [5, 5.41) is 11.2. The van der Waals surface area contributed by atoms with E-state index in [4.69, 9.17) is 5.11 Å². The second-order valence-electron chi connectivity index (χ2n) is 2.58. The minimum Gasteiger partial charge on any atom is -0.480 e. The van der Waals surface area contributed by atoms with Crippen molar-refractivity contribution in [3.05, 3.63) is 0 Å². The van der Waals surface area contributed by atoms with Crippen LogP contribution < -0.4 is 5.32 Å². The Balaban J connectivity index is 3.77. The monoisotopic (exact) mass is 231 g/mol. The van der Waals surface area contributed by atoms with Crippen molar-refractivity contribution in [1.29, 1.82) is 0 Å². The summed E-state index contributed by atoms with van der Waals surface area (Å²) >= 11 is 0.568. The highest BCUT2D eigenvalue weighted by Crippen LogP contribution is 2.21. The van der Waals surface area contributed by atoms with Crippen LogP contribution in [-0.4, -0.2) is 41.3 Å². The maximum Gasteiger partial charge on any atom is 0.397 e. The van der Waals surface area contributed by atoms with Gasteiger partial charge in [-0.15, -0.1) is 0 Å². The number of likely N-dealkylation sites (N-methyl/N-ethyl adjacent to an activating group) is 1. The molecule has 0 aliphatic carbocycles. The zero-order chi connectivity index (χ0) is 11.2. The highest BCUT2D eigenvalue weighted by Gasteiger charge is 2.28. The molecule has 0 spiro atoms. The Labute approximate surface area is 84.1 Å². The number of carboxylic acids is 1. The molecule has 7 heteroatoms. The molecule has 0 amide bonds. The van der Waals surface area contributed by atoms with E-state index in [1.54, 1.807) is 6.92 Å². The Hall–Kier alpha value is -0.430. The van der Waals surface area contributed by atoms with Crippen LogP contribution in [0, 0.1) is 0 Å². The molecule has 0 heterocycles. The van der Waals surface area contributed by atoms with Crippen molar-refractivity contribution >= 4 is 17.7 Å². The van der Waals surface area contributed by atoms with Gasteiger partial charge in [0, 0.05) is 5.75 Å². The lowest BCUT2D eigenvalue weighted by Crippen LogP contribution is -2.38. The van der Waals surface area contributed by atoms with Crippen LogP contribution in [0.25, 0.3) is 0 Å². The molecular weight excluding hydrogens is 219 g/mol. The molecule has 0 aromatic heterocycles. The summed E-state index contributed by atoms with van der Waals surface area (Å²) in [6, 6.07) is -0.910. The summed E-state index contributed by atoms with van der Waals surface area (Å²) < 4.78 is 35.1. The molecule has 84 valence electrons. The number of aliphatic carboxylic acids is 1. The third-order valence-electron chi connectivity index (χ3n) is 1.30. The van der Waals surface area contributed by atoms with Crippen molar-refractivity contribution in [3.63, 3.8) is 0 Å². The van der Waals surface area contributed by atoms with E-state index in [0.717, 1.165) is 0 Å². The molecule has 0 aliphatic rings. The lowest BCUT2D eigenvalue weighted by atomic mass is 10.3. The molecule has 1 atom stereocenters. The van der Waals surface area contributed by atoms with Crippen molar-refractivity contribution in [2.75, 3.05) is 18.1 Å². The molecule has 2 N–H and O–H groups in total. The van der Waals surface area contributed by atoms with Gasteiger partial charge in [0.2, 0.25) is 0 Å². The van der Waals surface area contributed by atoms with E-state index in [9.17, 15) is 18.0 Å². The number of rotatable bonds is 6. The number of hydrogen-bond donors (Lipinski definition) is 2. The topological polar surface area (TPSA) is 49.3 Å². The van der Waals surface area contributed by atoms with Gasteiger partial charge in [0.25, 0.3) is 0 Å². The van der Waals surface area contributed by atoms with Crippen molar-refractivity contribution in [2.24, 2.45) is 0 Å². The van der Waals surface area contributed by atoms with Crippen LogP contribution in [0.3, 0.4) is 0 Å². The van der Waals surface area contributed by atoms with Gasteiger partial charge < -0.3 is 10.4 Å². The molecule has 0 bridgehead atoms. The van der Waals surface area contributed by atoms with Crippen LogP contribution in [0.1, 0.15) is 6.92 Å². The van der Waals surface area contributed by atoms with Gasteiger partial charge in [-0.2, -0.15) is 24.9 Å². The zero-order valence-electron chi connectivity index (χ0n) is 7.60. The third kappa shape index (κ3) is 7.02. The fourth-order valence-electron chi connectivity index (χ4n) is 0.756. The smallest absolute Gasteiger partial charge is 0.397 e. The number of thioether (sulfide) groups is 1. The lowest BCUT2D eigenvalue weighted by molar-refractivity contribution is -0.138. The maximum atomic E-state index is 11.7. The van der Waals surface area contributed by atoms with E-state index in [-0.39, 0.29) is 5.75 Å². The number of hydrogen-bond acceptors (Lipinski definition) is 3. The quantitative estimate of drug-likeness (QED) is 0.724. The van der Waals surface area contributed by atoms with Gasteiger partial charge in [-0.1, -0.05) is 6.92 Å². The summed E-state index contributed by atoms with van der Waals surface area (Å²) in [6.45, 7) is 2.12. The minimum atomic E-state index is -4.24. The van der Waals surface area contributed by atoms with Crippen LogP contribution >= 0.6 is 11.8 Å². The predicted molar refractivity (Wildman–Crippen MR) is 48.5 cm³/mol. The minimum absolute atomic E-state index is 0.0807. The molecule has 0 aromatic carbocycles. The molecule has 14 heavy (non-hydrogen) atoms. The van der Waals surface area contributed by atoms with Gasteiger partial charge >= 0.3 is 12.1 Å². The molecule has 3 nitrogen and oxygen atoms in total. The number of halogens is 3. The summed E-state index contributed by atoms with van der Waals surface area (Å²) in [6.07, 6.45) is -4.24. The largest absolute Gasteiger partial charge is 0.480 e.